The zero-order valence-corrected chi connectivity index (χ0v) is 12.7. The van der Waals surface area contributed by atoms with E-state index in [1.807, 2.05) is 19.1 Å². The van der Waals surface area contributed by atoms with Gasteiger partial charge < -0.3 is 10.1 Å². The summed E-state index contributed by atoms with van der Waals surface area (Å²) < 4.78 is 4.93. The highest BCUT2D eigenvalue weighted by Gasteiger charge is 2.31. The van der Waals surface area contributed by atoms with E-state index in [4.69, 9.17) is 16.3 Å². The van der Waals surface area contributed by atoms with Crippen LogP contribution >= 0.6 is 11.6 Å². The van der Waals surface area contributed by atoms with Gasteiger partial charge in [-0.25, -0.2) is 0 Å². The number of carbonyl (C=O) groups is 1. The zero-order valence-electron chi connectivity index (χ0n) is 11.9. The van der Waals surface area contributed by atoms with Crippen LogP contribution in [-0.2, 0) is 9.53 Å². The van der Waals surface area contributed by atoms with Crippen LogP contribution in [0.1, 0.15) is 44.2 Å². The number of hydrogen-bond acceptors (Lipinski definition) is 3. The lowest BCUT2D eigenvalue weighted by Gasteiger charge is -2.18. The summed E-state index contributed by atoms with van der Waals surface area (Å²) in [6, 6.07) is 8.43. The van der Waals surface area contributed by atoms with Gasteiger partial charge in [0.25, 0.3) is 0 Å². The maximum absolute atomic E-state index is 11.3. The molecule has 0 aliphatic heterocycles. The van der Waals surface area contributed by atoms with Gasteiger partial charge in [0.05, 0.1) is 6.61 Å². The minimum atomic E-state index is -0.108. The fourth-order valence-corrected chi connectivity index (χ4v) is 2.51. The first-order valence-corrected chi connectivity index (χ1v) is 7.73. The molecule has 1 unspecified atom stereocenters. The minimum Gasteiger partial charge on any atom is -0.466 e. The fourth-order valence-electron chi connectivity index (χ4n) is 2.38. The van der Waals surface area contributed by atoms with Crippen molar-refractivity contribution < 1.29 is 9.53 Å². The first-order chi connectivity index (χ1) is 9.70. The molecule has 1 saturated carbocycles. The van der Waals surface area contributed by atoms with E-state index >= 15 is 0 Å². The summed E-state index contributed by atoms with van der Waals surface area (Å²) in [5, 5.41) is 4.33. The summed E-state index contributed by atoms with van der Waals surface area (Å²) in [7, 11) is 0. The van der Waals surface area contributed by atoms with Gasteiger partial charge in [0, 0.05) is 17.5 Å². The molecule has 0 heterocycles. The van der Waals surface area contributed by atoms with Crippen LogP contribution in [0.25, 0.3) is 0 Å². The van der Waals surface area contributed by atoms with E-state index in [2.05, 4.69) is 17.4 Å². The smallest absolute Gasteiger partial charge is 0.305 e. The lowest BCUT2D eigenvalue weighted by molar-refractivity contribution is -0.143. The molecule has 1 aliphatic rings. The monoisotopic (exact) mass is 295 g/mol. The van der Waals surface area contributed by atoms with Crippen LogP contribution in [0.4, 0.5) is 0 Å². The Bertz CT molecular complexity index is 429. The Labute approximate surface area is 125 Å². The average molecular weight is 296 g/mol. The van der Waals surface area contributed by atoms with E-state index in [9.17, 15) is 4.79 Å². The van der Waals surface area contributed by atoms with Crippen molar-refractivity contribution in [1.29, 1.82) is 0 Å². The fraction of sp³-hybridized carbons (Fsp3) is 0.562. The standard InChI is InChI=1S/C16H22ClNO2/c1-2-20-15(19)4-3-11-18-16(12-5-6-12)13-7-9-14(17)10-8-13/h7-10,12,16,18H,2-6,11H2,1H3. The van der Waals surface area contributed by atoms with E-state index in [-0.39, 0.29) is 5.97 Å². The van der Waals surface area contributed by atoms with Crippen molar-refractivity contribution >= 4 is 17.6 Å². The van der Waals surface area contributed by atoms with Crippen LogP contribution in [0.3, 0.4) is 0 Å². The molecular weight excluding hydrogens is 274 g/mol. The first kappa shape index (κ1) is 15.3. The zero-order chi connectivity index (χ0) is 14.4. The molecule has 1 fully saturated rings. The SMILES string of the molecule is CCOC(=O)CCCNC(c1ccc(Cl)cc1)C1CC1. The van der Waals surface area contributed by atoms with Gasteiger partial charge >= 0.3 is 5.97 Å². The van der Waals surface area contributed by atoms with E-state index in [1.54, 1.807) is 0 Å². The summed E-state index contributed by atoms with van der Waals surface area (Å²) >= 11 is 5.93. The Balaban J connectivity index is 1.78. The minimum absolute atomic E-state index is 0.108. The van der Waals surface area contributed by atoms with Gasteiger partial charge in [0.15, 0.2) is 0 Å². The van der Waals surface area contributed by atoms with Gasteiger partial charge in [-0.15, -0.1) is 0 Å². The first-order valence-electron chi connectivity index (χ1n) is 7.35. The molecule has 20 heavy (non-hydrogen) atoms. The molecule has 1 aromatic rings. The molecule has 0 aromatic heterocycles. The number of carbonyl (C=O) groups excluding carboxylic acids is 1. The number of ether oxygens (including phenoxy) is 1. The molecular formula is C16H22ClNO2. The second kappa shape index (κ2) is 7.65. The normalized spacial score (nSPS) is 15.9. The molecule has 0 radical (unpaired) electrons. The quantitative estimate of drug-likeness (QED) is 0.587. The molecule has 0 saturated heterocycles. The van der Waals surface area contributed by atoms with E-state index < -0.39 is 0 Å². The van der Waals surface area contributed by atoms with Gasteiger partial charge in [-0.2, -0.15) is 0 Å². The van der Waals surface area contributed by atoms with Crippen molar-refractivity contribution in [2.45, 2.75) is 38.6 Å². The summed E-state index contributed by atoms with van der Waals surface area (Å²) in [6.45, 7) is 3.13. The van der Waals surface area contributed by atoms with Crippen LogP contribution in [0.2, 0.25) is 5.02 Å². The third-order valence-electron chi connectivity index (χ3n) is 3.55. The summed E-state index contributed by atoms with van der Waals surface area (Å²) in [5.74, 6) is 0.613. The molecule has 0 amide bonds. The van der Waals surface area contributed by atoms with Crippen molar-refractivity contribution in [1.82, 2.24) is 5.32 Å². The number of esters is 1. The lowest BCUT2D eigenvalue weighted by Crippen LogP contribution is -2.24. The number of halogens is 1. The van der Waals surface area contributed by atoms with Crippen molar-refractivity contribution in [2.75, 3.05) is 13.2 Å². The number of rotatable bonds is 8. The molecule has 0 spiro atoms. The van der Waals surface area contributed by atoms with Crippen molar-refractivity contribution in [3.63, 3.8) is 0 Å². The van der Waals surface area contributed by atoms with E-state index in [0.29, 0.717) is 19.1 Å². The molecule has 0 bridgehead atoms. The highest BCUT2D eigenvalue weighted by molar-refractivity contribution is 6.30. The summed E-state index contributed by atoms with van der Waals surface area (Å²) in [5.41, 5.74) is 1.29. The van der Waals surface area contributed by atoms with Gasteiger partial charge in [-0.05, 0) is 56.3 Å². The molecule has 1 N–H and O–H groups in total. The van der Waals surface area contributed by atoms with Crippen LogP contribution in [0, 0.1) is 5.92 Å². The molecule has 1 aliphatic carbocycles. The average Bonchev–Trinajstić information content (AvgIpc) is 3.25. The molecule has 2 rings (SSSR count). The molecule has 1 atom stereocenters. The Hall–Kier alpha value is -1.06. The van der Waals surface area contributed by atoms with Crippen LogP contribution in [0.5, 0.6) is 0 Å². The topological polar surface area (TPSA) is 38.3 Å². The second-order valence-electron chi connectivity index (χ2n) is 5.23. The van der Waals surface area contributed by atoms with Crippen molar-refractivity contribution in [3.8, 4) is 0 Å². The van der Waals surface area contributed by atoms with Crippen LogP contribution in [-0.4, -0.2) is 19.1 Å². The predicted molar refractivity (Wildman–Crippen MR) is 80.8 cm³/mol. The van der Waals surface area contributed by atoms with Crippen molar-refractivity contribution in [3.05, 3.63) is 34.9 Å². The molecule has 110 valence electrons. The van der Waals surface area contributed by atoms with Crippen LogP contribution < -0.4 is 5.32 Å². The molecule has 4 heteroatoms. The Morgan fingerprint density at radius 1 is 1.40 bits per heavy atom. The van der Waals surface area contributed by atoms with Gasteiger partial charge in [0.1, 0.15) is 0 Å². The van der Waals surface area contributed by atoms with Gasteiger partial charge in [0.2, 0.25) is 0 Å². The third kappa shape index (κ3) is 4.80. The predicted octanol–water partition coefficient (Wildman–Crippen LogP) is 3.72. The Morgan fingerprint density at radius 2 is 2.10 bits per heavy atom. The highest BCUT2D eigenvalue weighted by atomic mass is 35.5. The van der Waals surface area contributed by atoms with E-state index in [0.717, 1.165) is 23.9 Å². The maximum atomic E-state index is 11.3. The number of benzene rings is 1. The van der Waals surface area contributed by atoms with Crippen LogP contribution in [0.15, 0.2) is 24.3 Å². The summed E-state index contributed by atoms with van der Waals surface area (Å²) in [4.78, 5) is 11.3. The Morgan fingerprint density at radius 3 is 2.70 bits per heavy atom. The summed E-state index contributed by atoms with van der Waals surface area (Å²) in [6.07, 6.45) is 3.85. The molecule has 3 nitrogen and oxygen atoms in total. The second-order valence-corrected chi connectivity index (χ2v) is 5.67. The largest absolute Gasteiger partial charge is 0.466 e. The highest BCUT2D eigenvalue weighted by Crippen LogP contribution is 2.41. The third-order valence-corrected chi connectivity index (χ3v) is 3.80. The molecule has 1 aromatic carbocycles. The van der Waals surface area contributed by atoms with Gasteiger partial charge in [-0.1, -0.05) is 23.7 Å². The number of hydrogen-bond donors (Lipinski definition) is 1. The Kier molecular flexibility index (Phi) is 5.86. The number of nitrogens with one attached hydrogen (secondary N) is 1. The maximum Gasteiger partial charge on any atom is 0.305 e. The van der Waals surface area contributed by atoms with Gasteiger partial charge in [-0.3, -0.25) is 4.79 Å². The van der Waals surface area contributed by atoms with E-state index in [1.165, 1.54) is 18.4 Å². The van der Waals surface area contributed by atoms with Crippen molar-refractivity contribution in [2.24, 2.45) is 5.92 Å². The lowest BCUT2D eigenvalue weighted by atomic mass is 10.0.